The third kappa shape index (κ3) is 2.87. The van der Waals surface area contributed by atoms with Crippen molar-refractivity contribution in [1.29, 1.82) is 0 Å². The summed E-state index contributed by atoms with van der Waals surface area (Å²) >= 11 is 6.06. The van der Waals surface area contributed by atoms with Crippen LogP contribution in [0.25, 0.3) is 11.4 Å². The normalized spacial score (nSPS) is 10.8. The number of rotatable bonds is 3. The lowest BCUT2D eigenvalue weighted by molar-refractivity contribution is 0.653. The lowest BCUT2D eigenvalue weighted by Crippen LogP contribution is -2.04. The molecule has 0 aliphatic carbocycles. The Labute approximate surface area is 127 Å². The second-order valence-corrected chi connectivity index (χ2v) is 5.29. The topological polar surface area (TPSA) is 69.6 Å². The van der Waals surface area contributed by atoms with Crippen LogP contribution in [0.5, 0.6) is 0 Å². The lowest BCUT2D eigenvalue weighted by atomic mass is 10.1. The molecule has 3 aromatic rings. The molecule has 0 unspecified atom stereocenters. The number of nitrogens with zero attached hydrogens (tertiary/aromatic N) is 4. The highest BCUT2D eigenvalue weighted by Crippen LogP contribution is 2.25. The van der Waals surface area contributed by atoms with Crippen molar-refractivity contribution in [3.63, 3.8) is 0 Å². The summed E-state index contributed by atoms with van der Waals surface area (Å²) in [4.78, 5) is 0. The van der Waals surface area contributed by atoms with Gasteiger partial charge in [-0.1, -0.05) is 41.4 Å². The van der Waals surface area contributed by atoms with Crippen molar-refractivity contribution in [2.24, 2.45) is 0 Å². The van der Waals surface area contributed by atoms with E-state index in [0.29, 0.717) is 23.1 Å². The smallest absolute Gasteiger partial charge is 0.182 e. The van der Waals surface area contributed by atoms with Crippen molar-refractivity contribution in [1.82, 2.24) is 20.2 Å². The first-order chi connectivity index (χ1) is 10.1. The molecule has 0 bridgehead atoms. The number of aryl methyl sites for hydroxylation is 1. The van der Waals surface area contributed by atoms with Crippen LogP contribution in [0.2, 0.25) is 5.02 Å². The summed E-state index contributed by atoms with van der Waals surface area (Å²) in [5.41, 5.74) is 9.46. The molecule has 0 radical (unpaired) electrons. The molecule has 3 rings (SSSR count). The monoisotopic (exact) mass is 299 g/mol. The highest BCUT2D eigenvalue weighted by Gasteiger charge is 2.11. The van der Waals surface area contributed by atoms with Gasteiger partial charge in [-0.3, -0.25) is 0 Å². The van der Waals surface area contributed by atoms with E-state index in [1.807, 2.05) is 12.1 Å². The molecule has 0 aliphatic rings. The second-order valence-electron chi connectivity index (χ2n) is 4.89. The zero-order chi connectivity index (χ0) is 14.8. The molecule has 0 amide bonds. The molecule has 5 nitrogen and oxygen atoms in total. The molecular weight excluding hydrogens is 286 g/mol. The molecule has 0 saturated carbocycles. The Morgan fingerprint density at radius 3 is 2.81 bits per heavy atom. The number of anilines is 1. The van der Waals surface area contributed by atoms with Gasteiger partial charge in [-0.25, -0.2) is 4.68 Å². The molecule has 21 heavy (non-hydrogen) atoms. The quantitative estimate of drug-likeness (QED) is 0.755. The van der Waals surface area contributed by atoms with Crippen LogP contribution in [0.4, 0.5) is 5.69 Å². The maximum Gasteiger partial charge on any atom is 0.182 e. The zero-order valence-corrected chi connectivity index (χ0v) is 12.2. The van der Waals surface area contributed by atoms with Crippen LogP contribution in [0.3, 0.4) is 0 Å². The summed E-state index contributed by atoms with van der Waals surface area (Å²) in [5.74, 6) is 0.665. The van der Waals surface area contributed by atoms with Gasteiger partial charge in [0.15, 0.2) is 5.82 Å². The molecule has 0 saturated heterocycles. The van der Waals surface area contributed by atoms with Crippen LogP contribution >= 0.6 is 11.6 Å². The Balaban J connectivity index is 1.95. The predicted molar refractivity (Wildman–Crippen MR) is 83.0 cm³/mol. The van der Waals surface area contributed by atoms with Gasteiger partial charge >= 0.3 is 0 Å². The third-order valence-electron chi connectivity index (χ3n) is 3.21. The maximum atomic E-state index is 6.06. The fourth-order valence-electron chi connectivity index (χ4n) is 2.17. The summed E-state index contributed by atoms with van der Waals surface area (Å²) in [5, 5.41) is 12.4. The van der Waals surface area contributed by atoms with Gasteiger partial charge in [0.2, 0.25) is 0 Å². The standard InChI is InChI=1S/C15H14ClN5/c1-10-3-2-4-11(7-10)9-21-15(18-19-20-21)12-5-6-14(17)13(16)8-12/h2-8H,9,17H2,1H3. The molecule has 6 heteroatoms. The van der Waals surface area contributed by atoms with Crippen LogP contribution in [0.1, 0.15) is 11.1 Å². The molecule has 2 aromatic carbocycles. The molecule has 0 spiro atoms. The third-order valence-corrected chi connectivity index (χ3v) is 3.53. The Kier molecular flexibility index (Phi) is 3.58. The van der Waals surface area contributed by atoms with E-state index in [4.69, 9.17) is 17.3 Å². The highest BCUT2D eigenvalue weighted by atomic mass is 35.5. The van der Waals surface area contributed by atoms with Crippen molar-refractivity contribution < 1.29 is 0 Å². The summed E-state index contributed by atoms with van der Waals surface area (Å²) in [7, 11) is 0. The first kappa shape index (κ1) is 13.6. The summed E-state index contributed by atoms with van der Waals surface area (Å²) in [6.07, 6.45) is 0. The van der Waals surface area contributed by atoms with Gasteiger partial charge in [0.25, 0.3) is 0 Å². The van der Waals surface area contributed by atoms with Crippen LogP contribution < -0.4 is 5.73 Å². The number of aromatic nitrogens is 4. The van der Waals surface area contributed by atoms with Gasteiger partial charge in [0.05, 0.1) is 17.3 Å². The highest BCUT2D eigenvalue weighted by molar-refractivity contribution is 6.33. The average molecular weight is 300 g/mol. The van der Waals surface area contributed by atoms with E-state index in [0.717, 1.165) is 11.1 Å². The number of hydrogen-bond acceptors (Lipinski definition) is 4. The van der Waals surface area contributed by atoms with E-state index in [2.05, 4.69) is 40.6 Å². The van der Waals surface area contributed by atoms with E-state index in [1.165, 1.54) is 5.56 Å². The van der Waals surface area contributed by atoms with Crippen molar-refractivity contribution in [3.05, 3.63) is 58.6 Å². The minimum Gasteiger partial charge on any atom is -0.398 e. The first-order valence-electron chi connectivity index (χ1n) is 6.50. The molecule has 2 N–H and O–H groups in total. The minimum absolute atomic E-state index is 0.498. The molecule has 106 valence electrons. The molecule has 0 aliphatic heterocycles. The van der Waals surface area contributed by atoms with Gasteiger partial charge in [-0.15, -0.1) is 5.10 Å². The number of nitrogens with two attached hydrogens (primary N) is 1. The summed E-state index contributed by atoms with van der Waals surface area (Å²) in [6, 6.07) is 13.6. The molecular formula is C15H14ClN5. The van der Waals surface area contributed by atoms with E-state index in [-0.39, 0.29) is 0 Å². The number of nitrogen functional groups attached to an aromatic ring is 1. The fraction of sp³-hybridized carbons (Fsp3) is 0.133. The van der Waals surface area contributed by atoms with Gasteiger partial charge in [-0.05, 0) is 41.1 Å². The van der Waals surface area contributed by atoms with Crippen molar-refractivity contribution in [2.75, 3.05) is 5.73 Å². The van der Waals surface area contributed by atoms with Crippen molar-refractivity contribution in [2.45, 2.75) is 13.5 Å². The van der Waals surface area contributed by atoms with E-state index in [9.17, 15) is 0 Å². The van der Waals surface area contributed by atoms with Crippen LogP contribution in [0.15, 0.2) is 42.5 Å². The van der Waals surface area contributed by atoms with E-state index >= 15 is 0 Å². The van der Waals surface area contributed by atoms with Gasteiger partial charge < -0.3 is 5.73 Å². The fourth-order valence-corrected chi connectivity index (χ4v) is 2.35. The Morgan fingerprint density at radius 1 is 1.19 bits per heavy atom. The van der Waals surface area contributed by atoms with E-state index < -0.39 is 0 Å². The lowest BCUT2D eigenvalue weighted by Gasteiger charge is -2.07. The maximum absolute atomic E-state index is 6.06. The predicted octanol–water partition coefficient (Wildman–Crippen LogP) is 2.93. The van der Waals surface area contributed by atoms with Crippen LogP contribution in [0, 0.1) is 6.92 Å². The molecule has 1 aromatic heterocycles. The Hall–Kier alpha value is -2.40. The van der Waals surface area contributed by atoms with Crippen molar-refractivity contribution >= 4 is 17.3 Å². The average Bonchev–Trinajstić information content (AvgIpc) is 2.90. The van der Waals surface area contributed by atoms with Gasteiger partial charge in [0, 0.05) is 5.56 Å². The zero-order valence-electron chi connectivity index (χ0n) is 11.5. The van der Waals surface area contributed by atoms with Gasteiger partial charge in [-0.2, -0.15) is 0 Å². The van der Waals surface area contributed by atoms with E-state index in [1.54, 1.807) is 16.8 Å². The number of hydrogen-bond donors (Lipinski definition) is 1. The summed E-state index contributed by atoms with van der Waals surface area (Å²) in [6.45, 7) is 2.66. The SMILES string of the molecule is Cc1cccc(Cn2nnnc2-c2ccc(N)c(Cl)c2)c1. The molecule has 0 atom stereocenters. The van der Waals surface area contributed by atoms with Crippen molar-refractivity contribution in [3.8, 4) is 11.4 Å². The number of halogens is 1. The first-order valence-corrected chi connectivity index (χ1v) is 6.88. The van der Waals surface area contributed by atoms with Crippen LogP contribution in [-0.4, -0.2) is 20.2 Å². The Morgan fingerprint density at radius 2 is 2.05 bits per heavy atom. The summed E-state index contributed by atoms with van der Waals surface area (Å²) < 4.78 is 1.75. The number of tetrazole rings is 1. The Bertz CT molecular complexity index is 781. The molecule has 1 heterocycles. The largest absolute Gasteiger partial charge is 0.398 e. The number of benzene rings is 2. The van der Waals surface area contributed by atoms with Crippen LogP contribution in [-0.2, 0) is 6.54 Å². The minimum atomic E-state index is 0.498. The van der Waals surface area contributed by atoms with Gasteiger partial charge in [0.1, 0.15) is 0 Å². The second kappa shape index (κ2) is 5.54. The molecule has 0 fully saturated rings.